The van der Waals surface area contributed by atoms with E-state index in [-0.39, 0.29) is 18.4 Å². The number of hydrogen-bond acceptors (Lipinski definition) is 4. The molecule has 1 unspecified atom stereocenters. The van der Waals surface area contributed by atoms with Gasteiger partial charge in [-0.3, -0.25) is 14.5 Å². The number of urea groups is 1. The molecule has 1 aromatic heterocycles. The first-order valence-electron chi connectivity index (χ1n) is 9.07. The fourth-order valence-corrected chi connectivity index (χ4v) is 3.71. The van der Waals surface area contributed by atoms with Crippen molar-refractivity contribution in [2.75, 3.05) is 11.9 Å². The number of carbonyl (C=O) groups excluding carboxylic acids is 3. The molecule has 2 fully saturated rings. The maximum Gasteiger partial charge on any atom is 0.325 e. The highest BCUT2D eigenvalue weighted by molar-refractivity contribution is 9.10. The summed E-state index contributed by atoms with van der Waals surface area (Å²) in [6.45, 7) is 1.89. The maximum atomic E-state index is 12.6. The molecule has 2 heterocycles. The van der Waals surface area contributed by atoms with Gasteiger partial charge in [-0.1, -0.05) is 28.1 Å². The van der Waals surface area contributed by atoms with Gasteiger partial charge >= 0.3 is 6.03 Å². The van der Waals surface area contributed by atoms with Gasteiger partial charge in [0.05, 0.1) is 12.7 Å². The number of anilines is 1. The van der Waals surface area contributed by atoms with Crippen LogP contribution in [0, 0.1) is 5.92 Å². The summed E-state index contributed by atoms with van der Waals surface area (Å²) in [7, 11) is 0. The molecule has 1 aliphatic heterocycles. The molecule has 0 radical (unpaired) electrons. The van der Waals surface area contributed by atoms with Gasteiger partial charge in [0, 0.05) is 10.5 Å². The summed E-state index contributed by atoms with van der Waals surface area (Å²) in [5.41, 5.74) is 0.137. The van der Waals surface area contributed by atoms with Crippen LogP contribution < -0.4 is 10.6 Å². The third-order valence-electron chi connectivity index (χ3n) is 5.23. The number of carbonyl (C=O) groups is 3. The lowest BCUT2D eigenvalue weighted by atomic mass is 9.96. The van der Waals surface area contributed by atoms with Crippen LogP contribution in [-0.2, 0) is 16.1 Å². The topological polar surface area (TPSA) is 96.3 Å². The monoisotopic (exact) mass is 445 g/mol. The minimum absolute atomic E-state index is 0.157. The first-order chi connectivity index (χ1) is 13.4. The first-order valence-corrected chi connectivity index (χ1v) is 9.86. The average molecular weight is 446 g/mol. The fourth-order valence-electron chi connectivity index (χ4n) is 3.45. The molecule has 1 atom stereocenters. The molecule has 8 nitrogen and oxygen atoms in total. The second-order valence-electron chi connectivity index (χ2n) is 7.35. The Labute approximate surface area is 170 Å². The van der Waals surface area contributed by atoms with E-state index >= 15 is 0 Å². The molecule has 0 bridgehead atoms. The van der Waals surface area contributed by atoms with Gasteiger partial charge in [-0.15, -0.1) is 0 Å². The smallest absolute Gasteiger partial charge is 0.323 e. The molecule has 1 saturated carbocycles. The third kappa shape index (κ3) is 3.54. The van der Waals surface area contributed by atoms with Gasteiger partial charge in [0.25, 0.3) is 5.91 Å². The Morgan fingerprint density at radius 2 is 2.00 bits per heavy atom. The van der Waals surface area contributed by atoms with Gasteiger partial charge < -0.3 is 10.6 Å². The van der Waals surface area contributed by atoms with Crippen molar-refractivity contribution in [3.63, 3.8) is 0 Å². The zero-order valence-electron chi connectivity index (χ0n) is 15.3. The molecule has 4 rings (SSSR count). The van der Waals surface area contributed by atoms with Crippen LogP contribution in [0.3, 0.4) is 0 Å². The standard InChI is InChI=1S/C19H20BrN5O3/c1-19(13-4-5-13)17(27)24(18(28)23-19)11-16(26)22-15-8-9-21-25(15)10-12-2-6-14(20)7-3-12/h2-3,6-9,13H,4-5,10-11H2,1H3,(H,22,26)(H,23,28). The quantitative estimate of drug-likeness (QED) is 0.666. The second-order valence-corrected chi connectivity index (χ2v) is 8.26. The minimum atomic E-state index is -0.888. The van der Waals surface area contributed by atoms with Crippen molar-refractivity contribution >= 4 is 39.6 Å². The van der Waals surface area contributed by atoms with E-state index in [9.17, 15) is 14.4 Å². The van der Waals surface area contributed by atoms with Crippen LogP contribution >= 0.6 is 15.9 Å². The lowest BCUT2D eigenvalue weighted by Crippen LogP contribution is -2.46. The summed E-state index contributed by atoms with van der Waals surface area (Å²) in [5.74, 6) is -0.117. The molecule has 2 aliphatic rings. The van der Waals surface area contributed by atoms with Gasteiger partial charge in [-0.25, -0.2) is 9.48 Å². The van der Waals surface area contributed by atoms with Crippen molar-refractivity contribution in [1.82, 2.24) is 20.0 Å². The van der Waals surface area contributed by atoms with Crippen molar-refractivity contribution in [2.24, 2.45) is 5.92 Å². The number of halogens is 1. The molecule has 2 N–H and O–H groups in total. The van der Waals surface area contributed by atoms with Crippen LogP contribution in [0.25, 0.3) is 0 Å². The van der Waals surface area contributed by atoms with Crippen LogP contribution in [0.4, 0.5) is 10.6 Å². The maximum absolute atomic E-state index is 12.6. The fraction of sp³-hybridized carbons (Fsp3) is 0.368. The lowest BCUT2D eigenvalue weighted by Gasteiger charge is -2.20. The Balaban J connectivity index is 1.41. The van der Waals surface area contributed by atoms with E-state index < -0.39 is 17.5 Å². The summed E-state index contributed by atoms with van der Waals surface area (Å²) in [6.07, 6.45) is 3.42. The molecule has 28 heavy (non-hydrogen) atoms. The van der Waals surface area contributed by atoms with Gasteiger partial charge in [0.1, 0.15) is 17.9 Å². The van der Waals surface area contributed by atoms with E-state index in [1.807, 2.05) is 24.3 Å². The summed E-state index contributed by atoms with van der Waals surface area (Å²) in [5, 5.41) is 9.72. The van der Waals surface area contributed by atoms with Gasteiger partial charge in [0.2, 0.25) is 5.91 Å². The molecule has 1 saturated heterocycles. The Bertz CT molecular complexity index is 937. The molecule has 1 aliphatic carbocycles. The van der Waals surface area contributed by atoms with Crippen LogP contribution in [0.5, 0.6) is 0 Å². The van der Waals surface area contributed by atoms with Crippen molar-refractivity contribution in [3.05, 3.63) is 46.6 Å². The molecule has 2 aromatic rings. The first kappa shape index (κ1) is 18.7. The van der Waals surface area contributed by atoms with Gasteiger partial charge in [-0.2, -0.15) is 5.10 Å². The average Bonchev–Trinajstić information content (AvgIpc) is 3.40. The van der Waals surface area contributed by atoms with Gasteiger partial charge in [0.15, 0.2) is 0 Å². The number of hydrogen-bond donors (Lipinski definition) is 2. The summed E-state index contributed by atoms with van der Waals surface area (Å²) >= 11 is 3.40. The van der Waals surface area contributed by atoms with E-state index in [0.29, 0.717) is 12.4 Å². The molecule has 146 valence electrons. The van der Waals surface area contributed by atoms with E-state index in [1.54, 1.807) is 23.9 Å². The summed E-state index contributed by atoms with van der Waals surface area (Å²) < 4.78 is 2.64. The zero-order valence-corrected chi connectivity index (χ0v) is 16.9. The van der Waals surface area contributed by atoms with E-state index in [1.165, 1.54) is 0 Å². The van der Waals surface area contributed by atoms with Crippen LogP contribution in [0.1, 0.15) is 25.3 Å². The largest absolute Gasteiger partial charge is 0.325 e. The van der Waals surface area contributed by atoms with Crippen LogP contribution in [-0.4, -0.2) is 44.6 Å². The number of rotatable bonds is 6. The molecule has 9 heteroatoms. The van der Waals surface area contributed by atoms with E-state index in [4.69, 9.17) is 0 Å². The summed E-state index contributed by atoms with van der Waals surface area (Å²) in [4.78, 5) is 38.3. The highest BCUT2D eigenvalue weighted by atomic mass is 79.9. The van der Waals surface area contributed by atoms with E-state index in [2.05, 4.69) is 31.7 Å². The minimum Gasteiger partial charge on any atom is -0.323 e. The predicted molar refractivity (Wildman–Crippen MR) is 105 cm³/mol. The molecular weight excluding hydrogens is 426 g/mol. The number of aromatic nitrogens is 2. The molecular formula is C19H20BrN5O3. The third-order valence-corrected chi connectivity index (χ3v) is 5.76. The highest BCUT2D eigenvalue weighted by Crippen LogP contribution is 2.42. The van der Waals surface area contributed by atoms with Crippen LogP contribution in [0.15, 0.2) is 41.0 Å². The number of nitrogens with zero attached hydrogens (tertiary/aromatic N) is 3. The lowest BCUT2D eigenvalue weighted by molar-refractivity contribution is -0.134. The molecule has 0 spiro atoms. The Morgan fingerprint density at radius 1 is 1.29 bits per heavy atom. The highest BCUT2D eigenvalue weighted by Gasteiger charge is 2.56. The Kier molecular flexibility index (Phi) is 4.70. The van der Waals surface area contributed by atoms with Crippen molar-refractivity contribution in [1.29, 1.82) is 0 Å². The second kappa shape index (κ2) is 7.05. The van der Waals surface area contributed by atoms with Crippen molar-refractivity contribution in [3.8, 4) is 0 Å². The van der Waals surface area contributed by atoms with Crippen molar-refractivity contribution < 1.29 is 14.4 Å². The SMILES string of the molecule is CC1(C2CC2)NC(=O)N(CC(=O)Nc2ccnn2Cc2ccc(Br)cc2)C1=O. The molecule has 1 aromatic carbocycles. The zero-order chi connectivity index (χ0) is 19.9. The van der Waals surface area contributed by atoms with Gasteiger partial charge in [-0.05, 0) is 43.4 Å². The predicted octanol–water partition coefficient (Wildman–Crippen LogP) is 2.35. The number of benzene rings is 1. The number of amides is 4. The van der Waals surface area contributed by atoms with Crippen molar-refractivity contribution in [2.45, 2.75) is 31.8 Å². The number of nitrogens with one attached hydrogen (secondary N) is 2. The summed E-state index contributed by atoms with van der Waals surface area (Å²) in [6, 6.07) is 8.96. The Hall–Kier alpha value is -2.68. The number of imide groups is 1. The molecule has 4 amide bonds. The van der Waals surface area contributed by atoms with E-state index in [0.717, 1.165) is 27.8 Å². The normalized spacial score (nSPS) is 21.7. The van der Waals surface area contributed by atoms with Crippen LogP contribution in [0.2, 0.25) is 0 Å². The Morgan fingerprint density at radius 3 is 2.68 bits per heavy atom.